The number of carbonyl (C=O) groups excluding carboxylic acids is 4. The predicted molar refractivity (Wildman–Crippen MR) is 426 cm³/mol. The zero-order valence-corrected chi connectivity index (χ0v) is 65.6. The first-order valence-corrected chi connectivity index (χ1v) is 41.7. The topological polar surface area (TPSA) is 237 Å². The van der Waals surface area contributed by atoms with Crippen molar-refractivity contribution in [3.05, 3.63) is 194 Å². The molecule has 0 aliphatic heterocycles. The van der Waals surface area contributed by atoms with Crippen LogP contribution >= 0.6 is 15.6 Å². The Hall–Kier alpha value is -6.10. The maximum Gasteiger partial charge on any atom is 0.472 e. The summed E-state index contributed by atoms with van der Waals surface area (Å²) in [5, 5.41) is 10.6. The number of aliphatic hydroxyl groups excluding tert-OH is 1. The second-order valence-corrected chi connectivity index (χ2v) is 27.7. The standard InChI is InChI=1S/C85H134O17P2/c1-5-9-13-17-21-25-29-33-37-38-39-40-44-46-50-54-58-62-66-70-83(88)96-76-81(102-85(90)72-68-64-60-56-52-48-43-36-32-28-24-20-16-12-8-4)78-100-104(93,94)98-74-79(86)73-97-103(91,92)99-77-80(101-84(89)71-67-63-59-55-51-47-42-35-31-27-23-19-15-11-7-3)75-95-82(87)69-65-61-57-53-49-45-41-34-30-26-22-18-14-10-6-2/h9-10,12-14,16,21-28,33-37,39-43,49,52-53,56,61,64-65,68,79-81,86H,5-8,11,15,17-20,29-32,38,44-48,50-51,54-55,57-60,62-63,66-67,69-78H2,1-4H3,(H,91,92)(H,93,94)/b13-9-,14-10-,16-12-,25-21-,26-22-,27-23-,28-24-,37-33-,40-39-,41-34-,42-35-,43-36-,53-49-,56-52-,65-61-,68-64-. The minimum atomic E-state index is -5.02. The Labute approximate surface area is 627 Å². The quantitative estimate of drug-likeness (QED) is 0.0169. The highest BCUT2D eigenvalue weighted by Crippen LogP contribution is 2.45. The van der Waals surface area contributed by atoms with Crippen LogP contribution in [-0.2, 0) is 65.4 Å². The van der Waals surface area contributed by atoms with Gasteiger partial charge < -0.3 is 33.8 Å². The van der Waals surface area contributed by atoms with Gasteiger partial charge in [-0.3, -0.25) is 37.3 Å². The highest BCUT2D eigenvalue weighted by molar-refractivity contribution is 7.47. The van der Waals surface area contributed by atoms with Gasteiger partial charge in [-0.15, -0.1) is 0 Å². The van der Waals surface area contributed by atoms with Crippen molar-refractivity contribution in [2.24, 2.45) is 0 Å². The average molecular weight is 1490 g/mol. The van der Waals surface area contributed by atoms with Gasteiger partial charge in [-0.25, -0.2) is 9.13 Å². The van der Waals surface area contributed by atoms with Crippen molar-refractivity contribution in [3.63, 3.8) is 0 Å². The average Bonchev–Trinajstić information content (AvgIpc) is 0.912. The Balaban J connectivity index is 5.53. The largest absolute Gasteiger partial charge is 0.472 e. The van der Waals surface area contributed by atoms with Crippen molar-refractivity contribution >= 4 is 39.5 Å². The van der Waals surface area contributed by atoms with Gasteiger partial charge in [0.25, 0.3) is 0 Å². The SMILES string of the molecule is CC/C=C\C/C=C\C/C=C\C/C=C\C/C=C\CC(=O)OCC(COP(=O)(O)OCC(O)COP(=O)(O)OCC(COC(=O)CCCCCCCC/C=C\C/C=C\C/C=C\C/C=C\CC)OC(=O)C/C=C\C/C=C\C/C=C\C/C=C\C/C=C\CC)OC(=O)CCCCCCC/C=C\C/C=C\CCCCC. The summed E-state index contributed by atoms with van der Waals surface area (Å²) >= 11 is 0. The van der Waals surface area contributed by atoms with Gasteiger partial charge in [0, 0.05) is 12.8 Å². The fraction of sp³-hybridized carbons (Fsp3) is 0.576. The minimum Gasteiger partial charge on any atom is -0.462 e. The summed E-state index contributed by atoms with van der Waals surface area (Å²) in [4.78, 5) is 72.8. The molecule has 0 aromatic rings. The highest BCUT2D eigenvalue weighted by Gasteiger charge is 2.30. The molecule has 0 aliphatic carbocycles. The lowest BCUT2D eigenvalue weighted by Gasteiger charge is -2.21. The van der Waals surface area contributed by atoms with Crippen LogP contribution in [0.3, 0.4) is 0 Å². The smallest absolute Gasteiger partial charge is 0.462 e. The number of phosphoric ester groups is 2. The number of hydrogen-bond donors (Lipinski definition) is 3. The molecule has 0 radical (unpaired) electrons. The molecule has 19 heteroatoms. The van der Waals surface area contributed by atoms with E-state index in [-0.39, 0.29) is 25.7 Å². The lowest BCUT2D eigenvalue weighted by Crippen LogP contribution is -2.30. The van der Waals surface area contributed by atoms with E-state index in [1.54, 1.807) is 18.2 Å². The van der Waals surface area contributed by atoms with Crippen LogP contribution in [0.1, 0.15) is 259 Å². The van der Waals surface area contributed by atoms with Crippen molar-refractivity contribution in [3.8, 4) is 0 Å². The molecule has 104 heavy (non-hydrogen) atoms. The molecule has 0 fully saturated rings. The molecular weight excluding hydrogens is 1350 g/mol. The number of carbonyl (C=O) groups is 4. The first kappa shape index (κ1) is 97.9. The fourth-order valence-corrected chi connectivity index (χ4v) is 10.9. The van der Waals surface area contributed by atoms with E-state index in [0.717, 1.165) is 161 Å². The Bertz CT molecular complexity index is 2740. The van der Waals surface area contributed by atoms with Crippen LogP contribution in [-0.4, -0.2) is 96.7 Å². The van der Waals surface area contributed by atoms with E-state index in [2.05, 4.69) is 174 Å². The van der Waals surface area contributed by atoms with E-state index in [9.17, 15) is 43.2 Å². The maximum absolute atomic E-state index is 13.1. The van der Waals surface area contributed by atoms with Gasteiger partial charge in [0.1, 0.15) is 19.3 Å². The molecule has 0 amide bonds. The normalized spacial score (nSPS) is 15.0. The van der Waals surface area contributed by atoms with Crippen LogP contribution < -0.4 is 0 Å². The summed E-state index contributed by atoms with van der Waals surface area (Å²) in [5.41, 5.74) is 0. The molecule has 0 spiro atoms. The zero-order valence-electron chi connectivity index (χ0n) is 63.9. The van der Waals surface area contributed by atoms with Gasteiger partial charge in [-0.1, -0.05) is 280 Å². The Kier molecular flexibility index (Phi) is 70.7. The third kappa shape index (κ3) is 74.2. The van der Waals surface area contributed by atoms with Crippen LogP contribution in [0, 0.1) is 0 Å². The van der Waals surface area contributed by atoms with Crippen molar-refractivity contribution in [2.45, 2.75) is 277 Å². The molecule has 0 bridgehead atoms. The third-order valence-electron chi connectivity index (χ3n) is 15.1. The molecule has 0 rings (SSSR count). The number of ether oxygens (including phenoxy) is 4. The molecular formula is C85H134O17P2. The zero-order chi connectivity index (χ0) is 76.0. The van der Waals surface area contributed by atoms with E-state index in [1.165, 1.54) is 19.3 Å². The van der Waals surface area contributed by atoms with Gasteiger partial charge in [-0.05, 0) is 148 Å². The first-order valence-electron chi connectivity index (χ1n) is 38.7. The van der Waals surface area contributed by atoms with E-state index in [0.29, 0.717) is 25.7 Å². The lowest BCUT2D eigenvalue weighted by molar-refractivity contribution is -0.160. The maximum atomic E-state index is 13.1. The number of allylic oxidation sites excluding steroid dienone is 30. The third-order valence-corrected chi connectivity index (χ3v) is 17.0. The monoisotopic (exact) mass is 1490 g/mol. The minimum absolute atomic E-state index is 0.0494. The molecule has 0 aliphatic rings. The first-order chi connectivity index (χ1) is 50.7. The van der Waals surface area contributed by atoms with Crippen molar-refractivity contribution in [1.29, 1.82) is 0 Å². The van der Waals surface area contributed by atoms with Crippen molar-refractivity contribution in [1.82, 2.24) is 0 Å². The molecule has 0 aromatic heterocycles. The van der Waals surface area contributed by atoms with Crippen LogP contribution in [0.15, 0.2) is 194 Å². The highest BCUT2D eigenvalue weighted by atomic mass is 31.2. The van der Waals surface area contributed by atoms with Crippen molar-refractivity contribution < 1.29 is 80.2 Å². The molecule has 5 unspecified atom stereocenters. The summed E-state index contributed by atoms with van der Waals surface area (Å²) in [7, 11) is -10.0. The Morgan fingerprint density at radius 3 is 0.894 bits per heavy atom. The number of esters is 4. The summed E-state index contributed by atoms with van der Waals surface area (Å²) in [6.07, 6.45) is 91.9. The molecule has 586 valence electrons. The van der Waals surface area contributed by atoms with Gasteiger partial charge >= 0.3 is 39.5 Å². The second-order valence-electron chi connectivity index (χ2n) is 24.8. The molecule has 0 saturated carbocycles. The van der Waals surface area contributed by atoms with Gasteiger partial charge in [0.15, 0.2) is 12.2 Å². The summed E-state index contributed by atoms with van der Waals surface area (Å²) in [5.74, 6) is -2.53. The second kappa shape index (κ2) is 75.1. The van der Waals surface area contributed by atoms with Gasteiger partial charge in [-0.2, -0.15) is 0 Å². The molecule has 0 heterocycles. The van der Waals surface area contributed by atoms with E-state index >= 15 is 0 Å². The van der Waals surface area contributed by atoms with Crippen molar-refractivity contribution in [2.75, 3.05) is 39.6 Å². The van der Waals surface area contributed by atoms with Crippen LogP contribution in [0.5, 0.6) is 0 Å². The van der Waals surface area contributed by atoms with E-state index < -0.39 is 97.5 Å². The van der Waals surface area contributed by atoms with E-state index in [1.807, 2.05) is 30.4 Å². The fourth-order valence-electron chi connectivity index (χ4n) is 9.33. The summed E-state index contributed by atoms with van der Waals surface area (Å²) in [6.45, 7) is 4.20. The van der Waals surface area contributed by atoms with E-state index in [4.69, 9.17) is 37.0 Å². The Morgan fingerprint density at radius 1 is 0.288 bits per heavy atom. The number of phosphoric acid groups is 2. The molecule has 0 saturated heterocycles. The van der Waals surface area contributed by atoms with Crippen LogP contribution in [0.4, 0.5) is 0 Å². The van der Waals surface area contributed by atoms with Crippen LogP contribution in [0.25, 0.3) is 0 Å². The lowest BCUT2D eigenvalue weighted by atomic mass is 10.1. The van der Waals surface area contributed by atoms with Gasteiger partial charge in [0.2, 0.25) is 0 Å². The molecule has 5 atom stereocenters. The summed E-state index contributed by atoms with van der Waals surface area (Å²) in [6, 6.07) is 0. The van der Waals surface area contributed by atoms with Gasteiger partial charge in [0.05, 0.1) is 39.3 Å². The number of rotatable bonds is 70. The molecule has 3 N–H and O–H groups in total. The van der Waals surface area contributed by atoms with Crippen LogP contribution in [0.2, 0.25) is 0 Å². The number of aliphatic hydroxyl groups is 1. The summed E-state index contributed by atoms with van der Waals surface area (Å²) < 4.78 is 68.2. The molecule has 17 nitrogen and oxygen atoms in total. The Morgan fingerprint density at radius 2 is 0.548 bits per heavy atom. The number of hydrogen-bond acceptors (Lipinski definition) is 15. The number of unbranched alkanes of at least 4 members (excludes halogenated alkanes) is 14. The predicted octanol–water partition coefficient (Wildman–Crippen LogP) is 22.5. The molecule has 0 aromatic carbocycles.